The Labute approximate surface area is 140 Å². The maximum Gasteiger partial charge on any atom is 3.00 e. The average Bonchev–Trinajstić information content (AvgIpc) is 2.99. The number of carbonyl (C=O) groups excluding carboxylic acids is 2. The minimum Gasteiger partial charge on any atom is -0.545 e. The first-order chi connectivity index (χ1) is 8.15. The fourth-order valence-electron chi connectivity index (χ4n) is 3.12. The van der Waals surface area contributed by atoms with Gasteiger partial charge in [-0.3, -0.25) is 13.6 Å². The average molecular weight is 466 g/mol. The number of hydrogen-bond donors (Lipinski definition) is 1. The van der Waals surface area contributed by atoms with E-state index in [1.54, 1.807) is 0 Å². The molecule has 20 heavy (non-hydrogen) atoms. The summed E-state index contributed by atoms with van der Waals surface area (Å²) in [6.45, 7) is 23.2. The monoisotopic (exact) mass is 466 g/mol. The molecule has 1 N–H and O–H groups in total. The third kappa shape index (κ3) is 10.7. The van der Waals surface area contributed by atoms with Crippen molar-refractivity contribution >= 4 is 13.6 Å². The molecule has 1 saturated carbocycles. The van der Waals surface area contributed by atoms with Gasteiger partial charge in [-0.1, -0.05) is 48.5 Å². The summed E-state index contributed by atoms with van der Waals surface area (Å²) in [5.41, 5.74) is 1.02. The molecule has 0 aromatic rings. The standard InChI is InChI=1S/C12H24.CH4O.2CHO.CH3.Ir/c1-8-9(11(2,3)4)10(8)12(5,6)7;3*1-2;;/h8-10H,1-7H3;2H,1H3;2*1H;1H3;/q;;3*-1;+3. The van der Waals surface area contributed by atoms with Crippen molar-refractivity contribution in [3.05, 3.63) is 7.43 Å². The number of rotatable bonds is 0. The van der Waals surface area contributed by atoms with Gasteiger partial charge in [0.2, 0.25) is 0 Å². The zero-order valence-corrected chi connectivity index (χ0v) is 16.9. The Bertz CT molecular complexity index is 185. The van der Waals surface area contributed by atoms with E-state index in [4.69, 9.17) is 14.7 Å². The molecule has 0 aromatic heterocycles. The maximum atomic E-state index is 7.75. The summed E-state index contributed by atoms with van der Waals surface area (Å²) in [5.74, 6) is 2.82. The molecule has 1 rings (SSSR count). The summed E-state index contributed by atoms with van der Waals surface area (Å²) in [5, 5.41) is 7.00. The van der Waals surface area contributed by atoms with Crippen LogP contribution in [-0.2, 0) is 29.7 Å². The van der Waals surface area contributed by atoms with Crippen LogP contribution in [0.1, 0.15) is 48.5 Å². The van der Waals surface area contributed by atoms with E-state index in [9.17, 15) is 0 Å². The zero-order chi connectivity index (χ0) is 15.7. The van der Waals surface area contributed by atoms with Crippen molar-refractivity contribution in [1.29, 1.82) is 0 Å². The predicted molar refractivity (Wildman–Crippen MR) is 83.1 cm³/mol. The molecule has 2 unspecified atom stereocenters. The van der Waals surface area contributed by atoms with E-state index in [1.165, 1.54) is 0 Å². The largest absolute Gasteiger partial charge is 3.00 e. The first kappa shape index (κ1) is 32.1. The quantitative estimate of drug-likeness (QED) is 0.440. The molecule has 1 aliphatic carbocycles. The molecule has 4 heteroatoms. The first-order valence-corrected chi connectivity index (χ1v) is 6.07. The Kier molecular flexibility index (Phi) is 22.3. The molecule has 3 nitrogen and oxygen atoms in total. The van der Waals surface area contributed by atoms with E-state index >= 15 is 0 Å². The summed E-state index contributed by atoms with van der Waals surface area (Å²) in [7, 11) is 1.00. The van der Waals surface area contributed by atoms with Crippen LogP contribution in [0, 0.1) is 36.0 Å². The molecule has 1 fully saturated rings. The van der Waals surface area contributed by atoms with E-state index < -0.39 is 0 Å². The minimum atomic E-state index is 0. The van der Waals surface area contributed by atoms with Gasteiger partial charge in [0.25, 0.3) is 0 Å². The topological polar surface area (TPSA) is 54.4 Å². The van der Waals surface area contributed by atoms with Gasteiger partial charge in [0.05, 0.1) is 0 Å². The van der Waals surface area contributed by atoms with Gasteiger partial charge in [-0.2, -0.15) is 0 Å². The van der Waals surface area contributed by atoms with Crippen LogP contribution in [0.4, 0.5) is 0 Å². The molecule has 124 valence electrons. The van der Waals surface area contributed by atoms with E-state index in [0.717, 1.165) is 24.9 Å². The van der Waals surface area contributed by atoms with Crippen molar-refractivity contribution in [2.24, 2.45) is 28.6 Å². The third-order valence-corrected chi connectivity index (χ3v) is 3.38. The Hall–Kier alpha value is -0.0506. The van der Waals surface area contributed by atoms with Crippen molar-refractivity contribution in [2.45, 2.75) is 48.5 Å². The first-order valence-electron chi connectivity index (χ1n) is 6.07. The van der Waals surface area contributed by atoms with Gasteiger partial charge in [0, 0.05) is 7.11 Å². The van der Waals surface area contributed by atoms with Crippen molar-refractivity contribution in [3.8, 4) is 0 Å². The second-order valence-electron chi connectivity index (χ2n) is 6.64. The molecule has 0 saturated heterocycles. The molecule has 0 aliphatic heterocycles. The molecule has 0 spiro atoms. The van der Waals surface area contributed by atoms with Gasteiger partial charge in [0.1, 0.15) is 0 Å². The van der Waals surface area contributed by atoms with Crippen LogP contribution >= 0.6 is 0 Å². The van der Waals surface area contributed by atoms with Gasteiger partial charge in [-0.15, -0.1) is 0 Å². The van der Waals surface area contributed by atoms with Crippen LogP contribution in [0.3, 0.4) is 0 Å². The van der Waals surface area contributed by atoms with E-state index in [2.05, 4.69) is 62.0 Å². The summed E-state index contributed by atoms with van der Waals surface area (Å²) >= 11 is 0. The minimum absolute atomic E-state index is 0. The molecular formula is C16H33IrO3. The molecule has 0 amide bonds. The van der Waals surface area contributed by atoms with Crippen molar-refractivity contribution in [2.75, 3.05) is 7.11 Å². The van der Waals surface area contributed by atoms with Crippen molar-refractivity contribution < 1.29 is 34.8 Å². The fraction of sp³-hybridized carbons (Fsp3) is 0.812. The second-order valence-corrected chi connectivity index (χ2v) is 6.64. The van der Waals surface area contributed by atoms with Crippen molar-refractivity contribution in [3.63, 3.8) is 0 Å². The molecular weight excluding hydrogens is 432 g/mol. The number of aliphatic hydroxyl groups is 1. The zero-order valence-electron chi connectivity index (χ0n) is 14.5. The smallest absolute Gasteiger partial charge is 0.545 e. The third-order valence-electron chi connectivity index (χ3n) is 3.38. The van der Waals surface area contributed by atoms with Gasteiger partial charge < -0.3 is 22.1 Å². The predicted octanol–water partition coefficient (Wildman–Crippen LogP) is 3.47. The van der Waals surface area contributed by atoms with Crippen LogP contribution < -0.4 is 0 Å². The normalized spacial score (nSPS) is 22.8. The Morgan fingerprint density at radius 2 is 0.900 bits per heavy atom. The summed E-state index contributed by atoms with van der Waals surface area (Å²) < 4.78 is 0. The van der Waals surface area contributed by atoms with Crippen LogP contribution in [0.25, 0.3) is 0 Å². The van der Waals surface area contributed by atoms with Gasteiger partial charge >= 0.3 is 20.1 Å². The van der Waals surface area contributed by atoms with Crippen LogP contribution in [0.15, 0.2) is 0 Å². The number of aliphatic hydroxyl groups excluding tert-OH is 1. The Balaban J connectivity index is -0.0000000833. The van der Waals surface area contributed by atoms with E-state index in [1.807, 2.05) is 0 Å². The van der Waals surface area contributed by atoms with Crippen LogP contribution in [-0.4, -0.2) is 25.8 Å². The molecule has 2 atom stereocenters. The van der Waals surface area contributed by atoms with E-state index in [-0.39, 0.29) is 27.5 Å². The van der Waals surface area contributed by atoms with Gasteiger partial charge in [-0.25, -0.2) is 0 Å². The summed E-state index contributed by atoms with van der Waals surface area (Å²) in [6.07, 6.45) is 0. The van der Waals surface area contributed by atoms with Crippen LogP contribution in [0.5, 0.6) is 0 Å². The molecule has 0 bridgehead atoms. The van der Waals surface area contributed by atoms with Gasteiger partial charge in [-0.05, 0) is 28.6 Å². The van der Waals surface area contributed by atoms with Crippen LogP contribution in [0.2, 0.25) is 0 Å². The summed E-state index contributed by atoms with van der Waals surface area (Å²) in [4.78, 5) is 15.5. The molecule has 0 heterocycles. The van der Waals surface area contributed by atoms with Crippen molar-refractivity contribution in [1.82, 2.24) is 0 Å². The summed E-state index contributed by atoms with van der Waals surface area (Å²) in [6, 6.07) is 0. The number of hydrogen-bond acceptors (Lipinski definition) is 3. The Morgan fingerprint density at radius 3 is 0.950 bits per heavy atom. The molecule has 0 radical (unpaired) electrons. The maximum absolute atomic E-state index is 7.75. The van der Waals surface area contributed by atoms with E-state index in [0.29, 0.717) is 10.8 Å². The fourth-order valence-corrected chi connectivity index (χ4v) is 3.12. The second kappa shape index (κ2) is 13.9. The SMILES string of the molecule is CC1C(C(C)(C)C)C1C(C)(C)C.CO.[CH-]=O.[CH-]=O.[CH3-].[Ir+3]. The van der Waals surface area contributed by atoms with Gasteiger partial charge in [0.15, 0.2) is 0 Å². The molecule has 1 aliphatic rings. The Morgan fingerprint density at radius 1 is 0.750 bits per heavy atom. The molecule has 0 aromatic carbocycles.